The number of thiocarbonyl (C=S) groups is 1. The first-order chi connectivity index (χ1) is 13.8. The van der Waals surface area contributed by atoms with Gasteiger partial charge < -0.3 is 9.80 Å². The largest absolute Gasteiger partial charge is 0.341 e. The van der Waals surface area contributed by atoms with Crippen molar-refractivity contribution in [3.8, 4) is 0 Å². The lowest BCUT2D eigenvalue weighted by atomic mass is 9.76. The van der Waals surface area contributed by atoms with Crippen LogP contribution >= 0.6 is 12.2 Å². The third-order valence-corrected chi connectivity index (χ3v) is 6.83. The summed E-state index contributed by atoms with van der Waals surface area (Å²) in [5.74, 6) is 0. The molecule has 2 nitrogen and oxygen atoms in total. The Labute approximate surface area is 179 Å². The predicted octanol–water partition coefficient (Wildman–Crippen LogP) is 6.08. The van der Waals surface area contributed by atoms with Gasteiger partial charge in [-0.25, -0.2) is 0 Å². The highest BCUT2D eigenvalue weighted by molar-refractivity contribution is 7.80. The Balaban J connectivity index is 1.94. The van der Waals surface area contributed by atoms with Crippen molar-refractivity contribution >= 4 is 23.0 Å². The molecule has 0 radical (unpaired) electrons. The van der Waals surface area contributed by atoms with Gasteiger partial charge >= 0.3 is 0 Å². The highest BCUT2D eigenvalue weighted by Gasteiger charge is 2.35. The van der Waals surface area contributed by atoms with E-state index < -0.39 is 0 Å². The standard InChI is InChI=1S/C26H28N2S/c1-18-16-21(26(2,3)20-14-10-7-11-15-20)17-22-23(18)27(4)25(29)28(5)24(22)19-12-8-6-9-13-19/h6-17,24H,1-5H3. The smallest absolute Gasteiger partial charge is 0.176 e. The molecule has 0 aliphatic carbocycles. The maximum absolute atomic E-state index is 5.80. The molecule has 148 valence electrons. The van der Waals surface area contributed by atoms with Crippen molar-refractivity contribution in [1.29, 1.82) is 0 Å². The molecule has 1 atom stereocenters. The van der Waals surface area contributed by atoms with Gasteiger partial charge in [-0.1, -0.05) is 86.6 Å². The van der Waals surface area contributed by atoms with Crippen molar-refractivity contribution in [1.82, 2.24) is 4.90 Å². The maximum Gasteiger partial charge on any atom is 0.176 e. The van der Waals surface area contributed by atoms with Crippen molar-refractivity contribution in [3.63, 3.8) is 0 Å². The predicted molar refractivity (Wildman–Crippen MR) is 127 cm³/mol. The second kappa shape index (κ2) is 7.31. The molecular formula is C26H28N2S. The molecule has 1 aliphatic rings. The molecule has 1 unspecified atom stereocenters. The van der Waals surface area contributed by atoms with Crippen LogP contribution in [0.25, 0.3) is 0 Å². The van der Waals surface area contributed by atoms with Crippen LogP contribution in [0.4, 0.5) is 5.69 Å². The molecule has 1 aliphatic heterocycles. The molecule has 0 bridgehead atoms. The van der Waals surface area contributed by atoms with Gasteiger partial charge in [0, 0.05) is 25.1 Å². The molecule has 1 heterocycles. The molecule has 0 amide bonds. The van der Waals surface area contributed by atoms with Crippen LogP contribution in [0.2, 0.25) is 0 Å². The lowest BCUT2D eigenvalue weighted by Gasteiger charge is -2.43. The summed E-state index contributed by atoms with van der Waals surface area (Å²) in [6.07, 6.45) is 0. The Hall–Kier alpha value is -2.65. The van der Waals surface area contributed by atoms with E-state index in [1.807, 2.05) is 0 Å². The molecule has 3 aromatic rings. The minimum Gasteiger partial charge on any atom is -0.341 e. The van der Waals surface area contributed by atoms with Crippen LogP contribution in [0, 0.1) is 6.92 Å². The van der Waals surface area contributed by atoms with Crippen LogP contribution in [0.15, 0.2) is 72.8 Å². The lowest BCUT2D eigenvalue weighted by Crippen LogP contribution is -2.46. The minimum absolute atomic E-state index is 0.0859. The van der Waals surface area contributed by atoms with Gasteiger partial charge in [0.05, 0.1) is 11.7 Å². The molecule has 3 aromatic carbocycles. The van der Waals surface area contributed by atoms with Crippen LogP contribution in [-0.4, -0.2) is 24.1 Å². The van der Waals surface area contributed by atoms with E-state index >= 15 is 0 Å². The molecule has 0 saturated heterocycles. The number of aryl methyl sites for hydroxylation is 1. The summed E-state index contributed by atoms with van der Waals surface area (Å²) >= 11 is 5.80. The van der Waals surface area contributed by atoms with Crippen LogP contribution in [0.3, 0.4) is 0 Å². The second-order valence-corrected chi connectivity index (χ2v) is 8.85. The van der Waals surface area contributed by atoms with Crippen LogP contribution in [0.1, 0.15) is 47.7 Å². The quantitative estimate of drug-likeness (QED) is 0.492. The molecule has 3 heteroatoms. The highest BCUT2D eigenvalue weighted by Crippen LogP contribution is 2.44. The summed E-state index contributed by atoms with van der Waals surface area (Å²) in [6, 6.07) is 26.3. The molecule has 4 rings (SSSR count). The Morgan fingerprint density at radius 3 is 2.03 bits per heavy atom. The Kier molecular flexibility index (Phi) is 4.95. The van der Waals surface area contributed by atoms with E-state index in [2.05, 4.69) is 117 Å². The van der Waals surface area contributed by atoms with Crippen molar-refractivity contribution < 1.29 is 0 Å². The van der Waals surface area contributed by atoms with E-state index in [4.69, 9.17) is 12.2 Å². The Bertz CT molecular complexity index is 1040. The summed E-state index contributed by atoms with van der Waals surface area (Å²) in [6.45, 7) is 6.82. The topological polar surface area (TPSA) is 6.48 Å². The van der Waals surface area contributed by atoms with Gasteiger partial charge in [0.2, 0.25) is 0 Å². The number of benzene rings is 3. The average molecular weight is 401 g/mol. The van der Waals surface area contributed by atoms with Crippen molar-refractivity contribution in [3.05, 3.63) is 101 Å². The van der Waals surface area contributed by atoms with Gasteiger partial charge in [-0.05, 0) is 41.4 Å². The van der Waals surface area contributed by atoms with E-state index in [1.165, 1.54) is 33.5 Å². The zero-order valence-corrected chi connectivity index (χ0v) is 18.6. The van der Waals surface area contributed by atoms with Crippen LogP contribution in [-0.2, 0) is 5.41 Å². The first-order valence-corrected chi connectivity index (χ1v) is 10.5. The Morgan fingerprint density at radius 1 is 0.828 bits per heavy atom. The molecular weight excluding hydrogens is 372 g/mol. The van der Waals surface area contributed by atoms with Gasteiger partial charge in [-0.2, -0.15) is 0 Å². The maximum atomic E-state index is 5.80. The fourth-order valence-corrected chi connectivity index (χ4v) is 4.74. The molecule has 0 N–H and O–H groups in total. The number of rotatable bonds is 3. The van der Waals surface area contributed by atoms with Crippen LogP contribution < -0.4 is 4.90 Å². The van der Waals surface area contributed by atoms with E-state index in [1.54, 1.807) is 0 Å². The fourth-order valence-electron chi connectivity index (χ4n) is 4.55. The van der Waals surface area contributed by atoms with E-state index in [0.29, 0.717) is 0 Å². The third kappa shape index (κ3) is 3.24. The Morgan fingerprint density at radius 2 is 1.41 bits per heavy atom. The number of hydrogen-bond donors (Lipinski definition) is 0. The van der Waals surface area contributed by atoms with Gasteiger partial charge in [-0.3, -0.25) is 0 Å². The summed E-state index contributed by atoms with van der Waals surface area (Å²) in [4.78, 5) is 4.37. The van der Waals surface area contributed by atoms with Crippen LogP contribution in [0.5, 0.6) is 0 Å². The molecule has 0 saturated carbocycles. The van der Waals surface area contributed by atoms with E-state index in [-0.39, 0.29) is 11.5 Å². The number of hydrogen-bond acceptors (Lipinski definition) is 1. The molecule has 0 fully saturated rings. The SMILES string of the molecule is Cc1cc(C(C)(C)c2ccccc2)cc2c1N(C)C(=S)N(C)C2c1ccccc1. The minimum atomic E-state index is -0.0859. The van der Waals surface area contributed by atoms with Gasteiger partial charge in [0.1, 0.15) is 0 Å². The zero-order valence-electron chi connectivity index (χ0n) is 17.8. The van der Waals surface area contributed by atoms with Gasteiger partial charge in [0.25, 0.3) is 0 Å². The lowest BCUT2D eigenvalue weighted by molar-refractivity contribution is 0.418. The van der Waals surface area contributed by atoms with Crippen molar-refractivity contribution in [2.45, 2.75) is 32.2 Å². The molecule has 0 aromatic heterocycles. The summed E-state index contributed by atoms with van der Waals surface area (Å²) < 4.78 is 0. The fraction of sp³-hybridized carbons (Fsp3) is 0.269. The average Bonchev–Trinajstić information content (AvgIpc) is 2.73. The summed E-state index contributed by atoms with van der Waals surface area (Å²) in [7, 11) is 4.18. The second-order valence-electron chi connectivity index (χ2n) is 8.49. The van der Waals surface area contributed by atoms with Gasteiger partial charge in [-0.15, -0.1) is 0 Å². The third-order valence-electron chi connectivity index (χ3n) is 6.27. The molecule has 0 spiro atoms. The molecule has 29 heavy (non-hydrogen) atoms. The monoisotopic (exact) mass is 400 g/mol. The number of anilines is 1. The summed E-state index contributed by atoms with van der Waals surface area (Å²) in [5, 5.41) is 0.851. The number of nitrogens with zero attached hydrogens (tertiary/aromatic N) is 2. The highest BCUT2D eigenvalue weighted by atomic mass is 32.1. The van der Waals surface area contributed by atoms with E-state index in [0.717, 1.165) is 5.11 Å². The number of fused-ring (bicyclic) bond motifs is 1. The van der Waals surface area contributed by atoms with Crippen molar-refractivity contribution in [2.75, 3.05) is 19.0 Å². The zero-order chi connectivity index (χ0) is 20.8. The first-order valence-electron chi connectivity index (χ1n) is 10.1. The summed E-state index contributed by atoms with van der Waals surface area (Å²) in [5.41, 5.74) is 7.64. The van der Waals surface area contributed by atoms with Gasteiger partial charge in [0.15, 0.2) is 5.11 Å². The van der Waals surface area contributed by atoms with E-state index in [9.17, 15) is 0 Å². The normalized spacial score (nSPS) is 16.7. The first kappa shape index (κ1) is 19.7. The van der Waals surface area contributed by atoms with Crippen molar-refractivity contribution in [2.24, 2.45) is 0 Å².